The van der Waals surface area contributed by atoms with Crippen molar-refractivity contribution < 1.29 is 33.7 Å². The van der Waals surface area contributed by atoms with Crippen LogP contribution in [-0.4, -0.2) is 39.9 Å². The van der Waals surface area contributed by atoms with Crippen molar-refractivity contribution in [3.63, 3.8) is 0 Å². The van der Waals surface area contributed by atoms with Gasteiger partial charge in [0.2, 0.25) is 0 Å². The number of hydrogen-bond acceptors (Lipinski definition) is 6. The van der Waals surface area contributed by atoms with Gasteiger partial charge in [-0.3, -0.25) is 0 Å². The van der Waals surface area contributed by atoms with Crippen LogP contribution in [0.2, 0.25) is 0 Å². The molecule has 1 atom stereocenters. The second-order valence-corrected chi connectivity index (χ2v) is 6.89. The Labute approximate surface area is 135 Å². The molecule has 0 aliphatic carbocycles. The second kappa shape index (κ2) is 7.10. The summed E-state index contributed by atoms with van der Waals surface area (Å²) in [7, 11) is 0. The van der Waals surface area contributed by atoms with E-state index in [0.717, 1.165) is 0 Å². The molecule has 1 aliphatic rings. The fourth-order valence-electron chi connectivity index (χ4n) is 1.87. The Hall–Kier alpha value is -1.93. The molecule has 1 rings (SSSR count). The van der Waals surface area contributed by atoms with Crippen LogP contribution >= 0.6 is 0 Å². The first-order chi connectivity index (χ1) is 10.4. The van der Waals surface area contributed by atoms with Gasteiger partial charge in [-0.15, -0.1) is 0 Å². The number of rotatable bonds is 6. The van der Waals surface area contributed by atoms with E-state index in [1.165, 1.54) is 12.2 Å². The van der Waals surface area contributed by atoms with Crippen LogP contribution in [0.1, 0.15) is 48.0 Å². The Kier molecular flexibility index (Phi) is 5.90. The molecule has 0 aromatic rings. The van der Waals surface area contributed by atoms with Gasteiger partial charge >= 0.3 is 17.9 Å². The van der Waals surface area contributed by atoms with Crippen molar-refractivity contribution in [2.24, 2.45) is 5.73 Å². The summed E-state index contributed by atoms with van der Waals surface area (Å²) in [6, 6.07) is 0. The molecule has 2 amide bonds. The van der Waals surface area contributed by atoms with Crippen LogP contribution in [0.4, 0.5) is 4.79 Å². The lowest BCUT2D eigenvalue weighted by Gasteiger charge is -2.30. The number of carbonyl (C=O) groups is 2. The third kappa shape index (κ3) is 6.79. The molecule has 130 valence electrons. The molecule has 8 heteroatoms. The van der Waals surface area contributed by atoms with Gasteiger partial charge in [0.05, 0.1) is 17.8 Å². The largest absolute Gasteiger partial charge is 0.473 e. The quantitative estimate of drug-likeness (QED) is 0.345. The lowest BCUT2D eigenvalue weighted by molar-refractivity contribution is -0.690. The van der Waals surface area contributed by atoms with E-state index in [-0.39, 0.29) is 12.0 Å². The summed E-state index contributed by atoms with van der Waals surface area (Å²) in [6.45, 7) is 11.2. The molecule has 0 bridgehead atoms. The molecule has 0 aromatic heterocycles. The number of nitrogens with two attached hydrogens (primary N) is 1. The highest BCUT2D eigenvalue weighted by atomic mass is 17.2. The van der Waals surface area contributed by atoms with Gasteiger partial charge in [-0.1, -0.05) is 0 Å². The molecule has 0 saturated heterocycles. The van der Waals surface area contributed by atoms with Gasteiger partial charge < -0.3 is 10.5 Å². The van der Waals surface area contributed by atoms with Crippen molar-refractivity contribution in [1.29, 1.82) is 0 Å². The van der Waals surface area contributed by atoms with Gasteiger partial charge in [-0.05, 0) is 41.5 Å². The summed E-state index contributed by atoms with van der Waals surface area (Å²) in [5.41, 5.74) is 3.88. The van der Waals surface area contributed by atoms with Crippen LogP contribution in [0.3, 0.4) is 0 Å². The van der Waals surface area contributed by atoms with E-state index in [2.05, 4.69) is 4.84 Å². The molecule has 0 fully saturated rings. The first-order valence-corrected chi connectivity index (χ1v) is 7.30. The zero-order valence-electron chi connectivity index (χ0n) is 14.4. The van der Waals surface area contributed by atoms with E-state index in [1.807, 2.05) is 34.6 Å². The Bertz CT molecular complexity index is 531. The maximum atomic E-state index is 11.6. The zero-order chi connectivity index (χ0) is 17.8. The molecule has 0 spiro atoms. The summed E-state index contributed by atoms with van der Waals surface area (Å²) in [5, 5.41) is 0. The third-order valence-corrected chi connectivity index (χ3v) is 2.57. The predicted molar refractivity (Wildman–Crippen MR) is 81.2 cm³/mol. The Morgan fingerprint density at radius 2 is 1.83 bits per heavy atom. The summed E-state index contributed by atoms with van der Waals surface area (Å²) < 4.78 is 6.34. The molecule has 8 nitrogen and oxygen atoms in total. The Morgan fingerprint density at radius 3 is 2.35 bits per heavy atom. The van der Waals surface area contributed by atoms with E-state index in [4.69, 9.17) is 20.2 Å². The standard InChI is InChI=1S/C15H24N2O6/c1-10(9-15(5,6)23-22-14(2,3)4)20-12-8-7-11(18)17(12)21-13(16)19/h7-8,10H,9H2,1-6H3,(H-,16,19)/p+1. The van der Waals surface area contributed by atoms with Crippen molar-refractivity contribution in [1.82, 2.24) is 0 Å². The Balaban J connectivity index is 2.66. The number of hydrogen-bond donors (Lipinski definition) is 1. The maximum absolute atomic E-state index is 11.6. The minimum absolute atomic E-state index is 0.0915. The van der Waals surface area contributed by atoms with Crippen LogP contribution in [0.25, 0.3) is 0 Å². The van der Waals surface area contributed by atoms with Gasteiger partial charge in [0.15, 0.2) is 0 Å². The number of nitrogens with zero attached hydrogens (tertiary/aromatic N) is 1. The van der Waals surface area contributed by atoms with Crippen LogP contribution in [0, 0.1) is 0 Å². The number of ether oxygens (including phenoxy) is 1. The van der Waals surface area contributed by atoms with E-state index in [0.29, 0.717) is 11.2 Å². The topological polar surface area (TPSA) is 100 Å². The van der Waals surface area contributed by atoms with Gasteiger partial charge in [0.25, 0.3) is 0 Å². The van der Waals surface area contributed by atoms with Crippen LogP contribution < -0.4 is 5.73 Å². The van der Waals surface area contributed by atoms with Crippen molar-refractivity contribution in [2.75, 3.05) is 0 Å². The lowest BCUT2D eigenvalue weighted by atomic mass is 10.0. The third-order valence-electron chi connectivity index (χ3n) is 2.57. The summed E-state index contributed by atoms with van der Waals surface area (Å²) >= 11 is 0. The van der Waals surface area contributed by atoms with Crippen LogP contribution in [0.15, 0.2) is 12.2 Å². The molecular formula is C15H25N2O6+. The second-order valence-electron chi connectivity index (χ2n) is 6.89. The average molecular weight is 329 g/mol. The highest BCUT2D eigenvalue weighted by Gasteiger charge is 2.36. The number of primary amides is 1. The minimum atomic E-state index is -1.10. The molecule has 0 aromatic carbocycles. The van der Waals surface area contributed by atoms with E-state index in [1.54, 1.807) is 6.92 Å². The zero-order valence-corrected chi connectivity index (χ0v) is 14.4. The maximum Gasteiger partial charge on any atom is 0.473 e. The van der Waals surface area contributed by atoms with E-state index < -0.39 is 23.2 Å². The molecular weight excluding hydrogens is 304 g/mol. The van der Waals surface area contributed by atoms with Gasteiger partial charge in [-0.25, -0.2) is 19.4 Å². The molecule has 2 N–H and O–H groups in total. The van der Waals surface area contributed by atoms with Gasteiger partial charge in [-0.2, -0.15) is 4.84 Å². The number of hydroxylamine groups is 1. The van der Waals surface area contributed by atoms with Crippen molar-refractivity contribution in [3.05, 3.63) is 12.2 Å². The minimum Gasteiger partial charge on any atom is -0.438 e. The highest BCUT2D eigenvalue weighted by Crippen LogP contribution is 2.22. The number of amides is 2. The number of carbonyl (C=O) groups excluding carboxylic acids is 2. The van der Waals surface area contributed by atoms with E-state index in [9.17, 15) is 9.59 Å². The van der Waals surface area contributed by atoms with Gasteiger partial charge in [0.1, 0.15) is 16.4 Å². The fraction of sp³-hybridized carbons (Fsp3) is 0.667. The van der Waals surface area contributed by atoms with Crippen molar-refractivity contribution in [3.8, 4) is 0 Å². The molecule has 0 radical (unpaired) electrons. The predicted octanol–water partition coefficient (Wildman–Crippen LogP) is 1.82. The molecule has 1 unspecified atom stereocenters. The summed E-state index contributed by atoms with van der Waals surface area (Å²) in [4.78, 5) is 37.8. The smallest absolute Gasteiger partial charge is 0.438 e. The van der Waals surface area contributed by atoms with Crippen LogP contribution in [0.5, 0.6) is 0 Å². The first kappa shape index (κ1) is 19.1. The Morgan fingerprint density at radius 1 is 1.22 bits per heavy atom. The first-order valence-electron chi connectivity index (χ1n) is 7.30. The summed E-state index contributed by atoms with van der Waals surface area (Å²) in [5.74, 6) is -0.452. The van der Waals surface area contributed by atoms with Crippen molar-refractivity contribution >= 4 is 17.9 Å². The molecule has 1 aliphatic heterocycles. The molecule has 23 heavy (non-hydrogen) atoms. The monoisotopic (exact) mass is 329 g/mol. The molecule has 1 heterocycles. The fourth-order valence-corrected chi connectivity index (χ4v) is 1.87. The van der Waals surface area contributed by atoms with Crippen molar-refractivity contribution in [2.45, 2.75) is 65.3 Å². The van der Waals surface area contributed by atoms with Crippen LogP contribution in [-0.2, 0) is 24.1 Å². The molecule has 0 saturated carbocycles. The summed E-state index contributed by atoms with van der Waals surface area (Å²) in [6.07, 6.45) is 1.66. The van der Waals surface area contributed by atoms with Gasteiger partial charge in [0, 0.05) is 6.42 Å². The SMILES string of the molecule is CC(CC(C)(C)OOC(C)(C)C)OC1=[N+](OC(N)=O)C(=O)C=C1. The normalized spacial score (nSPS) is 16.7. The average Bonchev–Trinajstić information content (AvgIpc) is 2.67. The van der Waals surface area contributed by atoms with E-state index >= 15 is 0 Å². The highest BCUT2D eigenvalue weighted by molar-refractivity contribution is 6.00. The lowest BCUT2D eigenvalue weighted by Crippen LogP contribution is -2.36.